The van der Waals surface area contributed by atoms with Crippen LogP contribution in [0.5, 0.6) is 0 Å². The maximum atomic E-state index is 12.9. The van der Waals surface area contributed by atoms with Crippen LogP contribution in [0.4, 0.5) is 0 Å². The van der Waals surface area contributed by atoms with Gasteiger partial charge in [0, 0.05) is 44.2 Å². The Hall–Kier alpha value is -2.90. The Bertz CT molecular complexity index is 1290. The molecule has 8 heteroatoms. The Balaban J connectivity index is 0.982. The average Bonchev–Trinajstić information content (AvgIpc) is 3.36. The first-order valence-electron chi connectivity index (χ1n) is 14.5. The lowest BCUT2D eigenvalue weighted by molar-refractivity contribution is -0.135. The van der Waals surface area contributed by atoms with Crippen LogP contribution in [0.1, 0.15) is 54.4 Å². The summed E-state index contributed by atoms with van der Waals surface area (Å²) < 4.78 is 4.85. The van der Waals surface area contributed by atoms with Crippen molar-refractivity contribution in [3.8, 4) is 11.1 Å². The Morgan fingerprint density at radius 2 is 1.73 bits per heavy atom. The summed E-state index contributed by atoms with van der Waals surface area (Å²) in [5.41, 5.74) is 3.62. The molecule has 2 aromatic rings. The monoisotopic (exact) mass is 563 g/mol. The molecule has 7 nitrogen and oxygen atoms in total. The summed E-state index contributed by atoms with van der Waals surface area (Å²) in [5.74, 6) is 2.20. The normalized spacial score (nSPS) is 27.1. The molecule has 2 unspecified atom stereocenters. The molecule has 4 bridgehead atoms. The highest BCUT2D eigenvalue weighted by atomic mass is 35.5. The highest BCUT2D eigenvalue weighted by Gasteiger charge is 2.56. The van der Waals surface area contributed by atoms with Crippen molar-refractivity contribution in [1.82, 2.24) is 15.1 Å². The Morgan fingerprint density at radius 3 is 2.42 bits per heavy atom. The number of amides is 2. The molecule has 4 aliphatic carbocycles. The van der Waals surface area contributed by atoms with Crippen LogP contribution < -0.4 is 5.32 Å². The molecule has 5 fully saturated rings. The number of methoxy groups -OCH3 is 1. The maximum Gasteiger partial charge on any atom is 0.337 e. The van der Waals surface area contributed by atoms with Gasteiger partial charge in [0.1, 0.15) is 0 Å². The minimum absolute atomic E-state index is 0.00294. The molecular weight excluding hydrogens is 526 g/mol. The lowest BCUT2D eigenvalue weighted by atomic mass is 9.67. The molecule has 1 heterocycles. The van der Waals surface area contributed by atoms with Gasteiger partial charge in [0.05, 0.1) is 19.2 Å². The molecule has 0 radical (unpaired) electrons. The number of benzene rings is 2. The van der Waals surface area contributed by atoms with Gasteiger partial charge >= 0.3 is 5.97 Å². The molecule has 212 valence electrons. The van der Waals surface area contributed by atoms with Crippen molar-refractivity contribution in [2.24, 2.45) is 23.2 Å². The van der Waals surface area contributed by atoms with E-state index in [1.54, 1.807) is 6.07 Å². The number of nitrogens with one attached hydrogen (secondary N) is 1. The summed E-state index contributed by atoms with van der Waals surface area (Å²) >= 11 is 6.47. The van der Waals surface area contributed by atoms with Gasteiger partial charge in [0.15, 0.2) is 0 Å². The van der Waals surface area contributed by atoms with Gasteiger partial charge in [0.2, 0.25) is 11.8 Å². The van der Waals surface area contributed by atoms with Gasteiger partial charge in [-0.15, -0.1) is 0 Å². The zero-order valence-corrected chi connectivity index (χ0v) is 23.9. The molecule has 1 N–H and O–H groups in total. The van der Waals surface area contributed by atoms with Crippen molar-refractivity contribution in [2.75, 3.05) is 39.8 Å². The van der Waals surface area contributed by atoms with Gasteiger partial charge < -0.3 is 15.0 Å². The second kappa shape index (κ2) is 11.2. The van der Waals surface area contributed by atoms with Crippen LogP contribution >= 0.6 is 11.6 Å². The minimum atomic E-state index is -0.372. The number of rotatable bonds is 8. The number of esters is 1. The molecule has 5 aliphatic rings. The van der Waals surface area contributed by atoms with Gasteiger partial charge in [-0.25, -0.2) is 4.79 Å². The quantitative estimate of drug-likeness (QED) is 0.468. The molecule has 2 aromatic carbocycles. The number of hydrogen-bond acceptors (Lipinski definition) is 5. The third-order valence-electron chi connectivity index (χ3n) is 9.73. The molecule has 7 rings (SSSR count). The molecule has 0 aromatic heterocycles. The molecular formula is C32H38ClN3O4. The number of carbonyl (C=O) groups is 3. The predicted molar refractivity (Wildman–Crippen MR) is 154 cm³/mol. The van der Waals surface area contributed by atoms with Crippen molar-refractivity contribution >= 4 is 29.4 Å². The molecule has 2 amide bonds. The third-order valence-corrected chi connectivity index (χ3v) is 9.95. The highest BCUT2D eigenvalue weighted by molar-refractivity contribution is 6.31. The molecule has 1 aliphatic heterocycles. The van der Waals surface area contributed by atoms with E-state index in [0.717, 1.165) is 47.5 Å². The Morgan fingerprint density at radius 1 is 0.975 bits per heavy atom. The standard InChI is InChI=1S/C32H38ClN3O4/c1-40-31(39)24-4-2-3-23(13-24)25-11-22(12-28(33)14-25)20-35-5-7-36(8-6-35)30(38)19-34-29(37)18-32-15-21-9-26(16-32)27(10-21)17-32/h2-4,11-14,21,26-27H,5-10,15-20H2,1H3,(H,34,37). The maximum absolute atomic E-state index is 12.9. The number of ether oxygens (including phenoxy) is 1. The van der Waals surface area contributed by atoms with E-state index in [1.807, 2.05) is 35.2 Å². The largest absolute Gasteiger partial charge is 0.465 e. The lowest BCUT2D eigenvalue weighted by Gasteiger charge is -2.38. The van der Waals surface area contributed by atoms with Gasteiger partial charge in [-0.3, -0.25) is 14.5 Å². The predicted octanol–water partition coefficient (Wildman–Crippen LogP) is 4.77. The van der Waals surface area contributed by atoms with Crippen LogP contribution in [0, 0.1) is 23.2 Å². The summed E-state index contributed by atoms with van der Waals surface area (Å²) in [6.07, 6.45) is 6.98. The molecule has 2 atom stereocenters. The zero-order valence-electron chi connectivity index (χ0n) is 23.2. The molecule has 1 saturated heterocycles. The lowest BCUT2D eigenvalue weighted by Crippen LogP contribution is -2.51. The SMILES string of the molecule is COC(=O)c1cccc(-c2cc(Cl)cc(CN3CCN(C(=O)CNC(=O)CC45CC6CC(C4)C(C6)C5)CC3)c2)c1. The number of nitrogens with zero attached hydrogens (tertiary/aromatic N) is 2. The first-order valence-corrected chi connectivity index (χ1v) is 14.9. The zero-order chi connectivity index (χ0) is 27.9. The van der Waals surface area contributed by atoms with Crippen molar-refractivity contribution in [2.45, 2.75) is 45.1 Å². The van der Waals surface area contributed by atoms with Crippen LogP contribution in [0.3, 0.4) is 0 Å². The third kappa shape index (κ3) is 5.77. The van der Waals surface area contributed by atoms with Gasteiger partial charge in [-0.1, -0.05) is 23.7 Å². The van der Waals surface area contributed by atoms with Gasteiger partial charge in [-0.2, -0.15) is 0 Å². The second-order valence-electron chi connectivity index (χ2n) is 12.5. The van der Waals surface area contributed by atoms with E-state index in [9.17, 15) is 14.4 Å². The Labute approximate surface area is 241 Å². The van der Waals surface area contributed by atoms with E-state index in [0.29, 0.717) is 36.6 Å². The first kappa shape index (κ1) is 27.3. The van der Waals surface area contributed by atoms with Crippen molar-refractivity contribution in [3.05, 3.63) is 58.6 Å². The van der Waals surface area contributed by atoms with Crippen LogP contribution in [0.2, 0.25) is 5.02 Å². The average molecular weight is 564 g/mol. The molecule has 4 saturated carbocycles. The van der Waals surface area contributed by atoms with E-state index in [1.165, 1.54) is 39.2 Å². The van der Waals surface area contributed by atoms with Crippen LogP contribution in [0.15, 0.2) is 42.5 Å². The van der Waals surface area contributed by atoms with Crippen molar-refractivity contribution in [1.29, 1.82) is 0 Å². The fourth-order valence-electron chi connectivity index (χ4n) is 8.15. The van der Waals surface area contributed by atoms with Crippen molar-refractivity contribution in [3.63, 3.8) is 0 Å². The first-order chi connectivity index (χ1) is 19.3. The van der Waals surface area contributed by atoms with Crippen LogP contribution in [-0.2, 0) is 20.9 Å². The number of piperazine rings is 1. The minimum Gasteiger partial charge on any atom is -0.465 e. The van der Waals surface area contributed by atoms with E-state index in [4.69, 9.17) is 16.3 Å². The van der Waals surface area contributed by atoms with E-state index < -0.39 is 0 Å². The van der Waals surface area contributed by atoms with Gasteiger partial charge in [-0.05, 0) is 102 Å². The number of hydrogen-bond donors (Lipinski definition) is 1. The van der Waals surface area contributed by atoms with E-state index in [2.05, 4.69) is 16.3 Å². The summed E-state index contributed by atoms with van der Waals surface area (Å²) in [6.45, 7) is 3.59. The fourth-order valence-corrected chi connectivity index (χ4v) is 8.41. The van der Waals surface area contributed by atoms with Crippen LogP contribution in [0.25, 0.3) is 11.1 Å². The number of carbonyl (C=O) groups excluding carboxylic acids is 3. The second-order valence-corrected chi connectivity index (χ2v) is 12.9. The van der Waals surface area contributed by atoms with E-state index >= 15 is 0 Å². The van der Waals surface area contributed by atoms with Crippen molar-refractivity contribution < 1.29 is 19.1 Å². The van der Waals surface area contributed by atoms with Crippen LogP contribution in [-0.4, -0.2) is 67.4 Å². The summed E-state index contributed by atoms with van der Waals surface area (Å²) in [4.78, 5) is 41.8. The fraction of sp³-hybridized carbons (Fsp3) is 0.531. The number of halogens is 1. The smallest absolute Gasteiger partial charge is 0.337 e. The molecule has 0 spiro atoms. The summed E-state index contributed by atoms with van der Waals surface area (Å²) in [6, 6.07) is 13.3. The van der Waals surface area contributed by atoms with E-state index in [-0.39, 0.29) is 29.7 Å². The Kier molecular flexibility index (Phi) is 7.62. The highest BCUT2D eigenvalue weighted by Crippen LogP contribution is 2.65. The van der Waals surface area contributed by atoms with Gasteiger partial charge in [0.25, 0.3) is 0 Å². The summed E-state index contributed by atoms with van der Waals surface area (Å²) in [5, 5.41) is 3.58. The summed E-state index contributed by atoms with van der Waals surface area (Å²) in [7, 11) is 1.37. The molecule has 40 heavy (non-hydrogen) atoms. The topological polar surface area (TPSA) is 79.0 Å².